The Bertz CT molecular complexity index is 1190. The van der Waals surface area contributed by atoms with Gasteiger partial charge < -0.3 is 5.32 Å². The van der Waals surface area contributed by atoms with Gasteiger partial charge in [0.25, 0.3) is 0 Å². The second-order valence-corrected chi connectivity index (χ2v) is 9.44. The molecular formula is C25H26F3N5O. The van der Waals surface area contributed by atoms with E-state index in [9.17, 15) is 18.0 Å². The van der Waals surface area contributed by atoms with Crippen molar-refractivity contribution < 1.29 is 18.0 Å². The standard InChI is InChI=1S/C25H26F3N5O/c1-24(2,3)23(34)32-20-8-10-29-12-17(20)14-33-11-9-21-18(15-33)13-30-22(31-21)16-4-6-19(7-5-16)25(26,27)28/h4-8,10,12-13H,9,11,14-15H2,1-3H3,(H,29,32,34). The summed E-state index contributed by atoms with van der Waals surface area (Å²) in [6.45, 7) is 7.58. The minimum Gasteiger partial charge on any atom is -0.325 e. The van der Waals surface area contributed by atoms with Crippen LogP contribution in [-0.2, 0) is 30.5 Å². The first-order chi connectivity index (χ1) is 16.0. The van der Waals surface area contributed by atoms with Crippen molar-refractivity contribution in [3.8, 4) is 11.4 Å². The van der Waals surface area contributed by atoms with Gasteiger partial charge in [0.15, 0.2) is 5.82 Å². The smallest absolute Gasteiger partial charge is 0.325 e. The van der Waals surface area contributed by atoms with Crippen LogP contribution < -0.4 is 5.32 Å². The second-order valence-electron chi connectivity index (χ2n) is 9.44. The van der Waals surface area contributed by atoms with Gasteiger partial charge in [-0.2, -0.15) is 13.2 Å². The summed E-state index contributed by atoms with van der Waals surface area (Å²) >= 11 is 0. The van der Waals surface area contributed by atoms with Gasteiger partial charge in [0, 0.05) is 72.4 Å². The largest absolute Gasteiger partial charge is 0.416 e. The molecule has 1 aliphatic heterocycles. The van der Waals surface area contributed by atoms with Crippen molar-refractivity contribution in [2.45, 2.75) is 46.5 Å². The van der Waals surface area contributed by atoms with Crippen LogP contribution in [0.3, 0.4) is 0 Å². The molecule has 2 aromatic heterocycles. The molecule has 3 heterocycles. The van der Waals surface area contributed by atoms with Crippen LogP contribution in [0, 0.1) is 5.41 Å². The molecule has 34 heavy (non-hydrogen) atoms. The summed E-state index contributed by atoms with van der Waals surface area (Å²) in [5, 5.41) is 3.00. The molecule has 0 atom stereocenters. The highest BCUT2D eigenvalue weighted by Gasteiger charge is 2.30. The number of aromatic nitrogens is 3. The number of carbonyl (C=O) groups is 1. The van der Waals surface area contributed by atoms with Crippen LogP contribution in [-0.4, -0.2) is 32.3 Å². The van der Waals surface area contributed by atoms with Gasteiger partial charge in [0.05, 0.1) is 11.3 Å². The zero-order valence-corrected chi connectivity index (χ0v) is 19.3. The topological polar surface area (TPSA) is 71.0 Å². The molecule has 0 saturated heterocycles. The number of alkyl halides is 3. The lowest BCUT2D eigenvalue weighted by Crippen LogP contribution is -2.32. The van der Waals surface area contributed by atoms with E-state index < -0.39 is 17.2 Å². The molecule has 4 rings (SSSR count). The Labute approximate surface area is 196 Å². The molecule has 0 unspecified atom stereocenters. The number of hydrogen-bond acceptors (Lipinski definition) is 5. The Balaban J connectivity index is 1.47. The number of halogens is 3. The van der Waals surface area contributed by atoms with Crippen LogP contribution in [0.4, 0.5) is 18.9 Å². The normalized spacial score (nSPS) is 14.5. The lowest BCUT2D eigenvalue weighted by atomic mass is 9.95. The van der Waals surface area contributed by atoms with Crippen LogP contribution in [0.1, 0.15) is 43.2 Å². The molecule has 0 saturated carbocycles. The van der Waals surface area contributed by atoms with Crippen LogP contribution in [0.25, 0.3) is 11.4 Å². The summed E-state index contributed by atoms with van der Waals surface area (Å²) in [6, 6.07) is 6.69. The van der Waals surface area contributed by atoms with Gasteiger partial charge in [-0.25, -0.2) is 9.97 Å². The molecule has 0 bridgehead atoms. The van der Waals surface area contributed by atoms with Crippen molar-refractivity contribution in [2.24, 2.45) is 5.41 Å². The van der Waals surface area contributed by atoms with Gasteiger partial charge >= 0.3 is 6.18 Å². The van der Waals surface area contributed by atoms with Gasteiger partial charge in [-0.1, -0.05) is 32.9 Å². The first-order valence-corrected chi connectivity index (χ1v) is 11.0. The Morgan fingerprint density at radius 1 is 1.09 bits per heavy atom. The predicted molar refractivity (Wildman–Crippen MR) is 123 cm³/mol. The fourth-order valence-electron chi connectivity index (χ4n) is 3.68. The molecule has 178 valence electrons. The van der Waals surface area contributed by atoms with Gasteiger partial charge in [-0.15, -0.1) is 0 Å². The van der Waals surface area contributed by atoms with Crippen LogP contribution in [0.15, 0.2) is 48.9 Å². The number of carbonyl (C=O) groups excluding carboxylic acids is 1. The SMILES string of the molecule is CC(C)(C)C(=O)Nc1ccncc1CN1CCc2nc(-c3ccc(C(F)(F)F)cc3)ncc2C1. The van der Waals surface area contributed by atoms with Crippen molar-refractivity contribution in [3.63, 3.8) is 0 Å². The molecule has 0 aliphatic carbocycles. The maximum atomic E-state index is 12.8. The molecular weight excluding hydrogens is 443 g/mol. The molecule has 1 aromatic carbocycles. The highest BCUT2D eigenvalue weighted by molar-refractivity contribution is 5.95. The highest BCUT2D eigenvalue weighted by atomic mass is 19.4. The fourth-order valence-corrected chi connectivity index (χ4v) is 3.68. The molecule has 0 spiro atoms. The van der Waals surface area contributed by atoms with Crippen molar-refractivity contribution in [1.29, 1.82) is 0 Å². The third-order valence-electron chi connectivity index (χ3n) is 5.71. The number of amides is 1. The van der Waals surface area contributed by atoms with Gasteiger partial charge in [-0.3, -0.25) is 14.7 Å². The number of fused-ring (bicyclic) bond motifs is 1. The number of pyridine rings is 1. The van der Waals surface area contributed by atoms with Crippen LogP contribution in [0.5, 0.6) is 0 Å². The van der Waals surface area contributed by atoms with E-state index in [4.69, 9.17) is 0 Å². The minimum absolute atomic E-state index is 0.0619. The summed E-state index contributed by atoms with van der Waals surface area (Å²) in [6.07, 6.45) is 1.48. The Morgan fingerprint density at radius 2 is 1.82 bits per heavy atom. The molecule has 3 aromatic rings. The lowest BCUT2D eigenvalue weighted by Gasteiger charge is -2.29. The summed E-state index contributed by atoms with van der Waals surface area (Å²) < 4.78 is 38.5. The minimum atomic E-state index is -4.37. The molecule has 1 aliphatic rings. The van der Waals surface area contributed by atoms with Crippen LogP contribution in [0.2, 0.25) is 0 Å². The zero-order chi connectivity index (χ0) is 24.5. The number of nitrogens with one attached hydrogen (secondary N) is 1. The predicted octanol–water partition coefficient (Wildman–Crippen LogP) is 5.10. The fraction of sp³-hybridized carbons (Fsp3) is 0.360. The maximum Gasteiger partial charge on any atom is 0.416 e. The molecule has 6 nitrogen and oxygen atoms in total. The van der Waals surface area contributed by atoms with E-state index in [2.05, 4.69) is 25.2 Å². The van der Waals surface area contributed by atoms with E-state index in [1.54, 1.807) is 24.7 Å². The third kappa shape index (κ3) is 5.41. The summed E-state index contributed by atoms with van der Waals surface area (Å²) in [5.74, 6) is 0.355. The number of anilines is 1. The van der Waals surface area contributed by atoms with E-state index in [1.165, 1.54) is 12.1 Å². The Kier molecular flexibility index (Phi) is 6.40. The molecule has 1 amide bonds. The van der Waals surface area contributed by atoms with Crippen molar-refractivity contribution in [2.75, 3.05) is 11.9 Å². The average molecular weight is 470 g/mol. The zero-order valence-electron chi connectivity index (χ0n) is 19.3. The van der Waals surface area contributed by atoms with E-state index in [0.29, 0.717) is 30.9 Å². The Morgan fingerprint density at radius 3 is 2.50 bits per heavy atom. The van der Waals surface area contributed by atoms with E-state index in [0.717, 1.165) is 41.2 Å². The number of benzene rings is 1. The number of nitrogens with zero attached hydrogens (tertiary/aromatic N) is 4. The monoisotopic (exact) mass is 469 g/mol. The van der Waals surface area contributed by atoms with E-state index in [1.807, 2.05) is 20.8 Å². The van der Waals surface area contributed by atoms with Crippen molar-refractivity contribution in [1.82, 2.24) is 19.9 Å². The summed E-state index contributed by atoms with van der Waals surface area (Å²) in [4.78, 5) is 27.9. The highest BCUT2D eigenvalue weighted by Crippen LogP contribution is 2.31. The van der Waals surface area contributed by atoms with Gasteiger partial charge in [0.1, 0.15) is 0 Å². The van der Waals surface area contributed by atoms with Gasteiger partial charge in [-0.05, 0) is 18.2 Å². The second kappa shape index (κ2) is 9.13. The van der Waals surface area contributed by atoms with Gasteiger partial charge in [0.2, 0.25) is 5.91 Å². The maximum absolute atomic E-state index is 12.8. The molecule has 1 N–H and O–H groups in total. The summed E-state index contributed by atoms with van der Waals surface area (Å²) in [5.41, 5.74) is 2.89. The first-order valence-electron chi connectivity index (χ1n) is 11.0. The first kappa shape index (κ1) is 23.8. The van der Waals surface area contributed by atoms with Crippen molar-refractivity contribution in [3.05, 3.63) is 71.3 Å². The van der Waals surface area contributed by atoms with E-state index in [-0.39, 0.29) is 5.91 Å². The third-order valence-corrected chi connectivity index (χ3v) is 5.71. The lowest BCUT2D eigenvalue weighted by molar-refractivity contribution is -0.137. The van der Waals surface area contributed by atoms with Crippen LogP contribution >= 0.6 is 0 Å². The van der Waals surface area contributed by atoms with E-state index >= 15 is 0 Å². The summed E-state index contributed by atoms with van der Waals surface area (Å²) in [7, 11) is 0. The molecule has 9 heteroatoms. The number of rotatable bonds is 4. The average Bonchev–Trinajstić information content (AvgIpc) is 2.79. The molecule has 0 fully saturated rings. The Hall–Kier alpha value is -3.33. The van der Waals surface area contributed by atoms with Crippen molar-refractivity contribution >= 4 is 11.6 Å². The quantitative estimate of drug-likeness (QED) is 0.576. The number of hydrogen-bond donors (Lipinski definition) is 1. The molecule has 0 radical (unpaired) electrons.